The zero-order valence-electron chi connectivity index (χ0n) is 88.6. The Hall–Kier alpha value is -8.30. The van der Waals surface area contributed by atoms with Crippen LogP contribution in [-0.4, -0.2) is 128 Å². The lowest BCUT2D eigenvalue weighted by molar-refractivity contribution is -0.151. The normalized spacial score (nSPS) is 20.0. The average Bonchev–Trinajstić information content (AvgIpc) is 0.854. The summed E-state index contributed by atoms with van der Waals surface area (Å²) in [7, 11) is 1.42. The fraction of sp³-hybridized carbons (Fsp3) is 0.642. The van der Waals surface area contributed by atoms with Gasteiger partial charge >= 0.3 is 11.9 Å². The van der Waals surface area contributed by atoms with E-state index in [1.165, 1.54) is 178 Å². The lowest BCUT2D eigenvalue weighted by Crippen LogP contribution is -2.33. The Morgan fingerprint density at radius 3 is 1.13 bits per heavy atom. The minimum Gasteiger partial charge on any atom is -0.493 e. The number of methoxy groups -OCH3 is 1. The van der Waals surface area contributed by atoms with Crippen LogP contribution in [0.1, 0.15) is 399 Å². The molecule has 1 saturated heterocycles. The van der Waals surface area contributed by atoms with Crippen molar-refractivity contribution in [3.05, 3.63) is 208 Å². The Morgan fingerprint density at radius 1 is 0.366 bits per heavy atom. The van der Waals surface area contributed by atoms with Crippen molar-refractivity contribution >= 4 is 11.9 Å². The number of halogens is 2. The number of hydrogen-bond donors (Lipinski definition) is 5. The number of aliphatic hydroxyl groups excluding tert-OH is 5. The molecule has 9 atom stereocenters. The third-order valence-corrected chi connectivity index (χ3v) is 28.7. The molecule has 19 heteroatoms. The monoisotopic (exact) mass is 1970 g/mol. The van der Waals surface area contributed by atoms with Gasteiger partial charge in [0.25, 0.3) is 0 Å². The summed E-state index contributed by atoms with van der Waals surface area (Å²) in [4.78, 5) is 23.0. The third-order valence-electron chi connectivity index (χ3n) is 28.7. The number of aliphatic hydroxyl groups is 5. The van der Waals surface area contributed by atoms with E-state index < -0.39 is 18.1 Å². The number of aryl methyl sites for hydroxylation is 5. The maximum atomic E-state index is 13.1. The molecule has 5 N–H and O–H groups in total. The predicted octanol–water partition coefficient (Wildman–Crippen LogP) is 29.9. The van der Waals surface area contributed by atoms with Gasteiger partial charge in [0.15, 0.2) is 0 Å². The summed E-state index contributed by atoms with van der Waals surface area (Å²) in [6.45, 7) is 22.2. The van der Waals surface area contributed by atoms with Crippen LogP contribution in [0.2, 0.25) is 0 Å². The van der Waals surface area contributed by atoms with Crippen LogP contribution in [0.5, 0.6) is 40.2 Å². The highest BCUT2D eigenvalue weighted by molar-refractivity contribution is 5.90. The lowest BCUT2D eigenvalue weighted by Gasteiger charge is -2.30. The van der Waals surface area contributed by atoms with Crippen LogP contribution < -0.4 is 33.2 Å². The van der Waals surface area contributed by atoms with Gasteiger partial charge in [-0.05, 0) is 333 Å². The Morgan fingerprint density at radius 2 is 0.718 bits per heavy atom. The molecule has 792 valence electrons. The number of alkyl halides is 2. The van der Waals surface area contributed by atoms with Crippen LogP contribution in [0.15, 0.2) is 158 Å². The van der Waals surface area contributed by atoms with Gasteiger partial charge < -0.3 is 72.9 Å². The molecule has 14 rings (SSSR count). The summed E-state index contributed by atoms with van der Waals surface area (Å²) in [6, 6.07) is 52.4. The number of hydrogen-bond acceptors (Lipinski definition) is 17. The van der Waals surface area contributed by atoms with Crippen molar-refractivity contribution in [2.45, 2.75) is 413 Å². The Labute approximate surface area is 854 Å². The summed E-state index contributed by atoms with van der Waals surface area (Å²) in [5.41, 5.74) is 9.83. The predicted molar refractivity (Wildman–Crippen MR) is 571 cm³/mol. The number of benzene rings is 7. The van der Waals surface area contributed by atoms with Gasteiger partial charge in [-0.3, -0.25) is 4.79 Å². The molecule has 6 saturated carbocycles. The molecule has 2 unspecified atom stereocenters. The first-order valence-electron chi connectivity index (χ1n) is 55.8. The summed E-state index contributed by atoms with van der Waals surface area (Å²) < 4.78 is 83.4. The minimum absolute atomic E-state index is 0.0315. The molecule has 6 aliphatic carbocycles. The van der Waals surface area contributed by atoms with Gasteiger partial charge in [0.1, 0.15) is 53.0 Å². The van der Waals surface area contributed by atoms with Gasteiger partial charge in [-0.2, -0.15) is 0 Å². The Bertz CT molecular complexity index is 4400. The van der Waals surface area contributed by atoms with E-state index in [0.29, 0.717) is 74.9 Å². The van der Waals surface area contributed by atoms with Crippen molar-refractivity contribution in [1.29, 1.82) is 0 Å². The van der Waals surface area contributed by atoms with Crippen molar-refractivity contribution in [2.24, 2.45) is 35.5 Å². The maximum Gasteiger partial charge on any atom is 0.337 e. The van der Waals surface area contributed by atoms with E-state index in [0.717, 1.165) is 224 Å². The van der Waals surface area contributed by atoms with Crippen LogP contribution in [0, 0.1) is 35.5 Å². The van der Waals surface area contributed by atoms with Gasteiger partial charge in [-0.1, -0.05) is 231 Å². The van der Waals surface area contributed by atoms with Gasteiger partial charge in [-0.25, -0.2) is 13.6 Å². The Balaban J connectivity index is 0.000000203. The average molecular weight is 1970 g/mol. The minimum atomic E-state index is -2.49. The van der Waals surface area contributed by atoms with E-state index in [-0.39, 0.29) is 67.6 Å². The van der Waals surface area contributed by atoms with E-state index >= 15 is 0 Å². The zero-order valence-corrected chi connectivity index (χ0v) is 88.6. The summed E-state index contributed by atoms with van der Waals surface area (Å²) in [6.07, 6.45) is 50.6. The molecule has 7 fully saturated rings. The van der Waals surface area contributed by atoms with Crippen molar-refractivity contribution in [1.82, 2.24) is 0 Å². The molecular weight excluding hydrogens is 1790 g/mol. The highest BCUT2D eigenvalue weighted by Gasteiger charge is 2.36. The van der Waals surface area contributed by atoms with E-state index in [1.807, 2.05) is 91.9 Å². The van der Waals surface area contributed by atoms with Crippen molar-refractivity contribution in [2.75, 3.05) is 60.0 Å². The first-order valence-corrected chi connectivity index (χ1v) is 55.8. The second-order valence-electron chi connectivity index (χ2n) is 41.1. The molecule has 7 aromatic rings. The largest absolute Gasteiger partial charge is 0.493 e. The second kappa shape index (κ2) is 70.5. The number of carbonyl (C=O) groups is 2. The summed E-state index contributed by atoms with van der Waals surface area (Å²) in [5.74, 6) is 5.57. The number of carbonyl (C=O) groups excluding carboxylic acids is 2. The fourth-order valence-electron chi connectivity index (χ4n) is 19.8. The van der Waals surface area contributed by atoms with E-state index in [9.17, 15) is 43.9 Å². The molecule has 0 amide bonds. The SMILES string of the molecule is CCCC(O)c1cccc(OCC2CCC(F)(F)CC2)c1.CCCCc1cc(CO)cc(OCC2CCCCC2)c1.CCCCc1cc(OCC2CCCCC2)cc(C(=O)OC)c1.CCCCc1cccc(OCC2CCCCO2)c1.CCCCc1cccc(OC[C@@H]2CCCC[C@H]2O)c1.CCCCc1cccc(OC[C@H]2CCCC[C@H]2O)c1.CCC[C@@H](O)c1cccc(OC[C@H]2CCCC[C@H]2OC(C)=O)c1. The molecular formula is C123H184F2O17. The molecule has 0 spiro atoms. The van der Waals surface area contributed by atoms with E-state index in [2.05, 4.69) is 114 Å². The van der Waals surface area contributed by atoms with Crippen LogP contribution in [-0.2, 0) is 57.7 Å². The van der Waals surface area contributed by atoms with E-state index in [1.54, 1.807) is 0 Å². The summed E-state index contributed by atoms with van der Waals surface area (Å²) >= 11 is 0. The molecule has 0 radical (unpaired) electrons. The maximum absolute atomic E-state index is 13.1. The lowest BCUT2D eigenvalue weighted by atomic mass is 9.87. The molecule has 1 aliphatic heterocycles. The first kappa shape index (κ1) is 119. The van der Waals surface area contributed by atoms with Crippen molar-refractivity contribution in [3.63, 3.8) is 0 Å². The van der Waals surface area contributed by atoms with Crippen LogP contribution in [0.3, 0.4) is 0 Å². The molecule has 17 nitrogen and oxygen atoms in total. The molecule has 7 aliphatic rings. The third kappa shape index (κ3) is 48.4. The van der Waals surface area contributed by atoms with Gasteiger partial charge in [0, 0.05) is 44.1 Å². The van der Waals surface area contributed by atoms with Gasteiger partial charge in [0.05, 0.1) is 89.4 Å². The molecule has 7 aromatic carbocycles. The highest BCUT2D eigenvalue weighted by atomic mass is 19.3. The van der Waals surface area contributed by atoms with Crippen LogP contribution >= 0.6 is 0 Å². The number of unbranched alkanes of at least 4 members (excludes halogenated alkanes) is 5. The zero-order chi connectivity index (χ0) is 102. The highest BCUT2D eigenvalue weighted by Crippen LogP contribution is 2.39. The van der Waals surface area contributed by atoms with Gasteiger partial charge in [-0.15, -0.1) is 0 Å². The van der Waals surface area contributed by atoms with E-state index in [4.69, 9.17) is 47.4 Å². The standard InChI is InChI=1S/C19H28O4.C19H28O3.C18H28O2.C17H24F2O2.2C17H26O2.C16H24O2/c1-3-7-18(21)15-9-6-10-17(12-15)22-13-16-8-4-5-11-19(16)23-14(2)20;1-3-4-8-16-11-17(19(20)21-2)13-18(12-16)22-14-15-9-6-5-7-10-15;1-2-3-7-16-10-17(13-19)12-18(11-16)20-14-15-8-5-4-6-9-15;1-2-4-16(20)14-5-3-6-15(11-14)21-12-13-7-9-17(18,19)10-8-13;2*1-2-3-7-14-8-6-10-16(12-14)19-13-15-9-4-5-11-17(15)18;1-2-3-7-14-8-6-10-15(12-14)18-13-16-9-4-5-11-17-16/h6,9-10,12,16,18-19,21H,3-5,7-8,11,13H2,1-2H3;11-13,15H,3-10,14H2,1-2H3;10-12,15,19H,2-9,13-14H2,1H3;3,5-6,11,13,16,20H,2,4,7-10,12H2,1H3;2*6,8,10,12,15,17-18H,2-5,7,9,11,13H2,1H3;6,8,10,12,16H,2-5,7,9,11,13H2,1H3/t16-,18-,19-;;;;15-,17+;15-,17-;/m1...01./s1. The second-order valence-corrected chi connectivity index (χ2v) is 41.1. The molecule has 1 heterocycles. The summed E-state index contributed by atoms with van der Waals surface area (Å²) in [5, 5.41) is 49.3. The van der Waals surface area contributed by atoms with Crippen LogP contribution in [0.4, 0.5) is 8.78 Å². The van der Waals surface area contributed by atoms with Crippen LogP contribution in [0.25, 0.3) is 0 Å². The van der Waals surface area contributed by atoms with Crippen molar-refractivity contribution in [3.8, 4) is 40.2 Å². The molecule has 142 heavy (non-hydrogen) atoms. The Kier molecular flexibility index (Phi) is 59.0. The van der Waals surface area contributed by atoms with Gasteiger partial charge in [0.2, 0.25) is 5.92 Å². The molecule has 0 aromatic heterocycles. The first-order chi connectivity index (χ1) is 69.1. The smallest absolute Gasteiger partial charge is 0.337 e. The molecule has 0 bridgehead atoms. The topological polar surface area (TPSA) is 228 Å². The van der Waals surface area contributed by atoms with Crippen molar-refractivity contribution < 1.29 is 91.3 Å². The number of esters is 2. The quantitative estimate of drug-likeness (QED) is 0.0224. The number of ether oxygens (including phenoxy) is 10. The number of rotatable bonds is 45. The fourth-order valence-corrected chi connectivity index (χ4v) is 19.8.